The minimum atomic E-state index is -3.18. The van der Waals surface area contributed by atoms with E-state index in [1.165, 1.54) is 12.1 Å². The number of nitrogens with two attached hydrogens (primary N) is 1. The summed E-state index contributed by atoms with van der Waals surface area (Å²) in [5.74, 6) is 0. The number of hydrogen-bond donors (Lipinski definition) is 2. The van der Waals surface area contributed by atoms with Gasteiger partial charge >= 0.3 is 0 Å². The quantitative estimate of drug-likeness (QED) is 0.825. The molecule has 0 amide bonds. The monoisotopic (exact) mass is 243 g/mol. The topological polar surface area (TPSA) is 80.4 Å². The summed E-state index contributed by atoms with van der Waals surface area (Å²) in [6, 6.07) is 5.70. The zero-order valence-electron chi connectivity index (χ0n) is 9.64. The van der Waals surface area contributed by atoms with Crippen molar-refractivity contribution in [1.82, 2.24) is 0 Å². The summed E-state index contributed by atoms with van der Waals surface area (Å²) in [6.07, 6.45) is 1.15. The molecule has 0 spiro atoms. The van der Waals surface area contributed by atoms with Crippen LogP contribution in [0.1, 0.15) is 25.5 Å². The van der Waals surface area contributed by atoms with E-state index in [0.29, 0.717) is 5.56 Å². The lowest BCUT2D eigenvalue weighted by Crippen LogP contribution is -2.35. The Morgan fingerprint density at radius 3 is 2.00 bits per heavy atom. The number of aliphatic hydroxyl groups is 1. The Morgan fingerprint density at radius 2 is 1.69 bits per heavy atom. The first kappa shape index (κ1) is 13.2. The molecule has 0 aromatic heterocycles. The van der Waals surface area contributed by atoms with Crippen molar-refractivity contribution in [1.29, 1.82) is 0 Å². The molecule has 3 N–H and O–H groups in total. The molecular weight excluding hydrogens is 226 g/mol. The van der Waals surface area contributed by atoms with Crippen LogP contribution in [-0.4, -0.2) is 25.4 Å². The Morgan fingerprint density at radius 1 is 1.25 bits per heavy atom. The lowest BCUT2D eigenvalue weighted by Gasteiger charge is -2.26. The normalized spacial score (nSPS) is 14.8. The van der Waals surface area contributed by atoms with Gasteiger partial charge in [0.15, 0.2) is 9.84 Å². The second kappa shape index (κ2) is 4.16. The van der Waals surface area contributed by atoms with Crippen LogP contribution in [0.2, 0.25) is 0 Å². The highest BCUT2D eigenvalue weighted by atomic mass is 32.2. The molecule has 0 aliphatic carbocycles. The molecule has 16 heavy (non-hydrogen) atoms. The molecule has 0 aliphatic rings. The summed E-state index contributed by atoms with van der Waals surface area (Å²) in [5, 5.41) is 9.73. The van der Waals surface area contributed by atoms with Crippen LogP contribution in [0.3, 0.4) is 0 Å². The molecule has 0 saturated heterocycles. The van der Waals surface area contributed by atoms with Crippen LogP contribution in [0.4, 0.5) is 0 Å². The first-order valence-electron chi connectivity index (χ1n) is 4.90. The van der Waals surface area contributed by atoms with Crippen LogP contribution < -0.4 is 5.73 Å². The molecule has 0 bridgehead atoms. The van der Waals surface area contributed by atoms with Gasteiger partial charge in [-0.2, -0.15) is 0 Å². The molecule has 1 aromatic carbocycles. The van der Waals surface area contributed by atoms with Crippen LogP contribution in [0.15, 0.2) is 29.2 Å². The zero-order valence-corrected chi connectivity index (χ0v) is 10.5. The third kappa shape index (κ3) is 3.04. The highest BCUT2D eigenvalue weighted by Gasteiger charge is 2.24. The van der Waals surface area contributed by atoms with E-state index in [0.717, 1.165) is 6.26 Å². The fourth-order valence-electron chi connectivity index (χ4n) is 1.33. The van der Waals surface area contributed by atoms with Crippen LogP contribution >= 0.6 is 0 Å². The molecule has 0 radical (unpaired) electrons. The fraction of sp³-hybridized carbons (Fsp3) is 0.455. The second-order valence-electron chi connectivity index (χ2n) is 4.47. The second-order valence-corrected chi connectivity index (χ2v) is 6.49. The van der Waals surface area contributed by atoms with Crippen molar-refractivity contribution in [3.8, 4) is 0 Å². The highest BCUT2D eigenvalue weighted by molar-refractivity contribution is 7.90. The standard InChI is InChI=1S/C11H17NO3S/c1-11(2,13)10(12)8-4-6-9(7-5-8)16(3,14)15/h4-7,10,13H,12H2,1-3H3. The van der Waals surface area contributed by atoms with Crippen molar-refractivity contribution in [3.05, 3.63) is 29.8 Å². The van der Waals surface area contributed by atoms with E-state index < -0.39 is 21.5 Å². The summed E-state index contributed by atoms with van der Waals surface area (Å²) in [5.41, 5.74) is 5.50. The summed E-state index contributed by atoms with van der Waals surface area (Å²) in [4.78, 5) is 0.249. The number of rotatable bonds is 3. The molecule has 5 heteroatoms. The average Bonchev–Trinajstić information content (AvgIpc) is 2.14. The molecule has 0 aliphatic heterocycles. The maximum atomic E-state index is 11.2. The molecule has 1 rings (SSSR count). The maximum absolute atomic E-state index is 11.2. The van der Waals surface area contributed by atoms with Crippen LogP contribution in [0.25, 0.3) is 0 Å². The van der Waals surface area contributed by atoms with Gasteiger partial charge in [0, 0.05) is 6.26 Å². The molecule has 0 heterocycles. The highest BCUT2D eigenvalue weighted by Crippen LogP contribution is 2.23. The van der Waals surface area contributed by atoms with Crippen molar-refractivity contribution in [2.75, 3.05) is 6.26 Å². The van der Waals surface area contributed by atoms with E-state index >= 15 is 0 Å². The summed E-state index contributed by atoms with van der Waals surface area (Å²) >= 11 is 0. The predicted molar refractivity (Wildman–Crippen MR) is 62.8 cm³/mol. The first-order valence-corrected chi connectivity index (χ1v) is 6.79. The van der Waals surface area contributed by atoms with Crippen molar-refractivity contribution >= 4 is 9.84 Å². The molecule has 1 unspecified atom stereocenters. The lowest BCUT2D eigenvalue weighted by atomic mass is 9.93. The predicted octanol–water partition coefficient (Wildman–Crippen LogP) is 0.861. The summed E-state index contributed by atoms with van der Waals surface area (Å²) < 4.78 is 22.5. The van der Waals surface area contributed by atoms with E-state index in [1.54, 1.807) is 26.0 Å². The van der Waals surface area contributed by atoms with Crippen molar-refractivity contribution in [3.63, 3.8) is 0 Å². The van der Waals surface area contributed by atoms with Crippen LogP contribution in [0, 0.1) is 0 Å². The smallest absolute Gasteiger partial charge is 0.175 e. The minimum absolute atomic E-state index is 0.249. The maximum Gasteiger partial charge on any atom is 0.175 e. The third-order valence-corrected chi connectivity index (χ3v) is 3.56. The van der Waals surface area contributed by atoms with Crippen LogP contribution in [-0.2, 0) is 9.84 Å². The first-order chi connectivity index (χ1) is 7.12. The largest absolute Gasteiger partial charge is 0.388 e. The number of hydrogen-bond acceptors (Lipinski definition) is 4. The Hall–Kier alpha value is -0.910. The van der Waals surface area contributed by atoms with Crippen LogP contribution in [0.5, 0.6) is 0 Å². The Labute approximate surface area is 96.0 Å². The molecule has 0 saturated carbocycles. The van der Waals surface area contributed by atoms with Crippen molar-refractivity contribution in [2.24, 2.45) is 5.73 Å². The molecule has 4 nitrogen and oxygen atoms in total. The molecule has 1 atom stereocenters. The number of benzene rings is 1. The van der Waals surface area contributed by atoms with E-state index in [4.69, 9.17) is 5.73 Å². The van der Waals surface area contributed by atoms with Gasteiger partial charge in [-0.1, -0.05) is 12.1 Å². The van der Waals surface area contributed by atoms with E-state index in [1.807, 2.05) is 0 Å². The van der Waals surface area contributed by atoms with E-state index in [9.17, 15) is 13.5 Å². The van der Waals surface area contributed by atoms with Gasteiger partial charge in [0.05, 0.1) is 16.5 Å². The molecule has 1 aromatic rings. The Kier molecular flexibility index (Phi) is 3.42. The van der Waals surface area contributed by atoms with Gasteiger partial charge in [-0.3, -0.25) is 0 Å². The SMILES string of the molecule is CC(C)(O)C(N)c1ccc(S(C)(=O)=O)cc1. The molecule has 0 fully saturated rings. The number of sulfone groups is 1. The van der Waals surface area contributed by atoms with Gasteiger partial charge in [0.2, 0.25) is 0 Å². The average molecular weight is 243 g/mol. The van der Waals surface area contributed by atoms with E-state index in [2.05, 4.69) is 0 Å². The summed E-state index contributed by atoms with van der Waals surface area (Å²) in [7, 11) is -3.18. The Bertz CT molecular complexity index is 457. The van der Waals surface area contributed by atoms with Crippen molar-refractivity contribution in [2.45, 2.75) is 30.4 Å². The summed E-state index contributed by atoms with van der Waals surface area (Å²) in [6.45, 7) is 3.23. The zero-order chi connectivity index (χ0) is 12.6. The van der Waals surface area contributed by atoms with Gasteiger partial charge < -0.3 is 10.8 Å². The molecular formula is C11H17NO3S. The van der Waals surface area contributed by atoms with Gasteiger partial charge in [-0.15, -0.1) is 0 Å². The van der Waals surface area contributed by atoms with Gasteiger partial charge in [-0.05, 0) is 31.5 Å². The van der Waals surface area contributed by atoms with E-state index in [-0.39, 0.29) is 4.90 Å². The lowest BCUT2D eigenvalue weighted by molar-refractivity contribution is 0.0517. The fourth-order valence-corrected chi connectivity index (χ4v) is 1.96. The molecule has 90 valence electrons. The van der Waals surface area contributed by atoms with Gasteiger partial charge in [0.25, 0.3) is 0 Å². The third-order valence-electron chi connectivity index (χ3n) is 2.43. The minimum Gasteiger partial charge on any atom is -0.388 e. The van der Waals surface area contributed by atoms with Crippen molar-refractivity contribution < 1.29 is 13.5 Å². The van der Waals surface area contributed by atoms with Gasteiger partial charge in [0.1, 0.15) is 0 Å². The Balaban J connectivity index is 3.05. The van der Waals surface area contributed by atoms with Gasteiger partial charge in [-0.25, -0.2) is 8.42 Å².